The molecule has 0 aliphatic carbocycles. The summed E-state index contributed by atoms with van der Waals surface area (Å²) < 4.78 is 2.90. The highest BCUT2D eigenvalue weighted by atomic mass is 79.9. The van der Waals surface area contributed by atoms with Gasteiger partial charge in [-0.1, -0.05) is 59.7 Å². The lowest BCUT2D eigenvalue weighted by molar-refractivity contribution is 0.667. The highest BCUT2D eigenvalue weighted by Crippen LogP contribution is 2.25. The molecule has 0 aliphatic heterocycles. The Balaban J connectivity index is 1.81. The first-order valence-corrected chi connectivity index (χ1v) is 9.68. The zero-order valence-electron chi connectivity index (χ0n) is 14.0. The molecule has 0 bridgehead atoms. The molecule has 0 aliphatic rings. The minimum absolute atomic E-state index is 0.237. The van der Waals surface area contributed by atoms with Gasteiger partial charge < -0.3 is 0 Å². The van der Waals surface area contributed by atoms with E-state index in [1.807, 2.05) is 28.9 Å². The van der Waals surface area contributed by atoms with Crippen LogP contribution >= 0.6 is 27.7 Å². The molecular formula is C18H18BrN5S. The monoisotopic (exact) mass is 415 g/mol. The van der Waals surface area contributed by atoms with Crippen LogP contribution in [0.5, 0.6) is 0 Å². The Bertz CT molecular complexity index is 844. The van der Waals surface area contributed by atoms with Crippen LogP contribution in [0.15, 0.2) is 63.5 Å². The summed E-state index contributed by atoms with van der Waals surface area (Å²) in [5.74, 6) is 1.89. The summed E-state index contributed by atoms with van der Waals surface area (Å²) in [6.45, 7) is 4.17. The highest BCUT2D eigenvalue weighted by Gasteiger charge is 2.15. The zero-order chi connectivity index (χ0) is 17.6. The molecule has 0 spiro atoms. The van der Waals surface area contributed by atoms with Crippen molar-refractivity contribution in [2.24, 2.45) is 5.10 Å². The van der Waals surface area contributed by atoms with Gasteiger partial charge in [0.2, 0.25) is 5.16 Å². The van der Waals surface area contributed by atoms with E-state index in [1.54, 1.807) is 30.4 Å². The molecule has 25 heavy (non-hydrogen) atoms. The normalized spacial score (nSPS) is 11.5. The van der Waals surface area contributed by atoms with E-state index in [0.717, 1.165) is 26.8 Å². The molecule has 3 aromatic rings. The Hall–Kier alpha value is -1.99. The van der Waals surface area contributed by atoms with Crippen LogP contribution in [0.25, 0.3) is 0 Å². The van der Waals surface area contributed by atoms with Gasteiger partial charge in [-0.3, -0.25) is 4.98 Å². The molecule has 0 saturated heterocycles. The molecule has 0 unspecified atom stereocenters. The smallest absolute Gasteiger partial charge is 0.212 e. The van der Waals surface area contributed by atoms with Gasteiger partial charge in [-0.2, -0.15) is 9.78 Å². The maximum absolute atomic E-state index is 4.58. The lowest BCUT2D eigenvalue weighted by atomic mass is 10.2. The number of aromatic nitrogens is 4. The fourth-order valence-electron chi connectivity index (χ4n) is 2.14. The van der Waals surface area contributed by atoms with Gasteiger partial charge in [-0.25, -0.2) is 0 Å². The van der Waals surface area contributed by atoms with E-state index in [4.69, 9.17) is 0 Å². The van der Waals surface area contributed by atoms with E-state index >= 15 is 0 Å². The standard InChI is InChI=1S/C18H18BrN5S/c1-13(2)17-22-23-18(25-12-14-5-7-16(19)8-6-14)24(17)21-11-15-4-3-9-20-10-15/h3-11,13H,12H2,1-2H3/b21-11-. The number of benzene rings is 1. The molecular weight excluding hydrogens is 398 g/mol. The van der Waals surface area contributed by atoms with Crippen molar-refractivity contribution in [1.29, 1.82) is 0 Å². The van der Waals surface area contributed by atoms with E-state index in [2.05, 4.69) is 62.2 Å². The molecule has 2 aromatic heterocycles. The quantitative estimate of drug-likeness (QED) is 0.431. The summed E-state index contributed by atoms with van der Waals surface area (Å²) >= 11 is 5.08. The number of thioether (sulfide) groups is 1. The number of hydrogen-bond donors (Lipinski definition) is 0. The van der Waals surface area contributed by atoms with Crippen LogP contribution in [-0.2, 0) is 5.75 Å². The number of halogens is 1. The molecule has 0 amide bonds. The summed E-state index contributed by atoms with van der Waals surface area (Å²) in [7, 11) is 0. The third-order valence-electron chi connectivity index (χ3n) is 3.44. The molecule has 3 rings (SSSR count). The van der Waals surface area contributed by atoms with E-state index in [0.29, 0.717) is 0 Å². The van der Waals surface area contributed by atoms with Gasteiger partial charge in [-0.05, 0) is 23.8 Å². The predicted octanol–water partition coefficient (Wildman–Crippen LogP) is 4.73. The molecule has 1 aromatic carbocycles. The molecule has 5 nitrogen and oxygen atoms in total. The second-order valence-electron chi connectivity index (χ2n) is 5.75. The van der Waals surface area contributed by atoms with Crippen LogP contribution in [-0.4, -0.2) is 26.1 Å². The Labute approximate surface area is 159 Å². The summed E-state index contributed by atoms with van der Waals surface area (Å²) in [5, 5.41) is 14.0. The molecule has 0 atom stereocenters. The van der Waals surface area contributed by atoms with Gasteiger partial charge in [-0.15, -0.1) is 10.2 Å². The average molecular weight is 416 g/mol. The maximum atomic E-state index is 4.58. The first kappa shape index (κ1) is 17.8. The van der Waals surface area contributed by atoms with Gasteiger partial charge in [0.15, 0.2) is 5.82 Å². The van der Waals surface area contributed by atoms with Crippen molar-refractivity contribution >= 4 is 33.9 Å². The summed E-state index contributed by atoms with van der Waals surface area (Å²) in [6.07, 6.45) is 5.30. The maximum Gasteiger partial charge on any atom is 0.212 e. The van der Waals surface area contributed by atoms with Gasteiger partial charge in [0.1, 0.15) is 0 Å². The van der Waals surface area contributed by atoms with Crippen LogP contribution < -0.4 is 0 Å². The first-order valence-electron chi connectivity index (χ1n) is 7.90. The van der Waals surface area contributed by atoms with Crippen LogP contribution in [0.2, 0.25) is 0 Å². The number of nitrogens with zero attached hydrogens (tertiary/aromatic N) is 5. The topological polar surface area (TPSA) is 56.0 Å². The molecule has 0 saturated carbocycles. The van der Waals surface area contributed by atoms with E-state index < -0.39 is 0 Å². The Morgan fingerprint density at radius 1 is 1.20 bits per heavy atom. The fourth-order valence-corrected chi connectivity index (χ4v) is 3.25. The van der Waals surface area contributed by atoms with Crippen molar-refractivity contribution in [1.82, 2.24) is 19.9 Å². The molecule has 7 heteroatoms. The van der Waals surface area contributed by atoms with Crippen LogP contribution in [0.1, 0.15) is 36.7 Å². The Morgan fingerprint density at radius 3 is 2.68 bits per heavy atom. The minimum Gasteiger partial charge on any atom is -0.264 e. The SMILES string of the molecule is CC(C)c1nnc(SCc2ccc(Br)cc2)n1/N=C\c1cccnc1. The molecule has 2 heterocycles. The van der Waals surface area contributed by atoms with E-state index in [-0.39, 0.29) is 5.92 Å². The van der Waals surface area contributed by atoms with Gasteiger partial charge in [0, 0.05) is 34.1 Å². The Kier molecular flexibility index (Phi) is 5.99. The Morgan fingerprint density at radius 2 is 2.00 bits per heavy atom. The summed E-state index contributed by atoms with van der Waals surface area (Å²) in [6, 6.07) is 12.1. The van der Waals surface area contributed by atoms with E-state index in [9.17, 15) is 0 Å². The van der Waals surface area contributed by atoms with Gasteiger partial charge in [0.25, 0.3) is 0 Å². The number of rotatable bonds is 6. The summed E-state index contributed by atoms with van der Waals surface area (Å²) in [5.41, 5.74) is 2.17. The largest absolute Gasteiger partial charge is 0.264 e. The lowest BCUT2D eigenvalue weighted by Gasteiger charge is -2.06. The average Bonchev–Trinajstić information content (AvgIpc) is 3.03. The van der Waals surface area contributed by atoms with Crippen molar-refractivity contribution < 1.29 is 0 Å². The zero-order valence-corrected chi connectivity index (χ0v) is 16.4. The molecule has 0 N–H and O–H groups in total. The van der Waals surface area contributed by atoms with Gasteiger partial charge in [0.05, 0.1) is 6.21 Å². The van der Waals surface area contributed by atoms with Crippen LogP contribution in [0.4, 0.5) is 0 Å². The third-order valence-corrected chi connectivity index (χ3v) is 4.96. The number of hydrogen-bond acceptors (Lipinski definition) is 5. The fraction of sp³-hybridized carbons (Fsp3) is 0.222. The number of pyridine rings is 1. The van der Waals surface area contributed by atoms with E-state index in [1.165, 1.54) is 5.56 Å². The molecule has 0 fully saturated rings. The molecule has 128 valence electrons. The third kappa shape index (κ3) is 4.76. The van der Waals surface area contributed by atoms with Crippen LogP contribution in [0, 0.1) is 0 Å². The lowest BCUT2D eigenvalue weighted by Crippen LogP contribution is -2.02. The minimum atomic E-state index is 0.237. The second kappa shape index (κ2) is 8.40. The molecule has 0 radical (unpaired) electrons. The summed E-state index contributed by atoms with van der Waals surface area (Å²) in [4.78, 5) is 4.11. The van der Waals surface area contributed by atoms with Crippen molar-refractivity contribution in [3.63, 3.8) is 0 Å². The van der Waals surface area contributed by atoms with Crippen LogP contribution in [0.3, 0.4) is 0 Å². The van der Waals surface area contributed by atoms with Crippen molar-refractivity contribution in [2.75, 3.05) is 0 Å². The van der Waals surface area contributed by atoms with Crippen molar-refractivity contribution in [3.05, 3.63) is 70.2 Å². The second-order valence-corrected chi connectivity index (χ2v) is 7.61. The highest BCUT2D eigenvalue weighted by molar-refractivity contribution is 9.10. The van der Waals surface area contributed by atoms with Gasteiger partial charge >= 0.3 is 0 Å². The van der Waals surface area contributed by atoms with Crippen molar-refractivity contribution in [3.8, 4) is 0 Å². The first-order chi connectivity index (χ1) is 12.1. The van der Waals surface area contributed by atoms with Crippen molar-refractivity contribution in [2.45, 2.75) is 30.7 Å². The predicted molar refractivity (Wildman–Crippen MR) is 105 cm³/mol.